The summed E-state index contributed by atoms with van der Waals surface area (Å²) < 4.78 is 53.4. The lowest BCUT2D eigenvalue weighted by atomic mass is 10.3. The number of hydrogen-bond acceptors (Lipinski definition) is 3. The van der Waals surface area contributed by atoms with Crippen LogP contribution in [0, 0.1) is 18.6 Å². The Hall–Kier alpha value is -0.990. The summed E-state index contributed by atoms with van der Waals surface area (Å²) in [5.74, 6) is -1.92. The molecule has 0 aliphatic rings. The van der Waals surface area contributed by atoms with Crippen LogP contribution in [0.25, 0.3) is 0 Å². The molecule has 19 heavy (non-hydrogen) atoms. The molecule has 2 rings (SSSR count). The molecule has 1 aromatic carbocycles. The maximum Gasteiger partial charge on any atom is 0.271 e. The predicted molar refractivity (Wildman–Crippen MR) is 73.9 cm³/mol. The quantitative estimate of drug-likeness (QED) is 0.893. The van der Waals surface area contributed by atoms with E-state index >= 15 is 0 Å². The number of anilines is 1. The number of aryl methyl sites for hydroxylation is 1. The zero-order valence-corrected chi connectivity index (χ0v) is 12.8. The minimum Gasteiger partial charge on any atom is -0.273 e. The molecule has 0 radical (unpaired) electrons. The van der Waals surface area contributed by atoms with E-state index in [2.05, 4.69) is 15.9 Å². The van der Waals surface area contributed by atoms with Gasteiger partial charge in [0.2, 0.25) is 0 Å². The number of para-hydroxylation sites is 1. The van der Waals surface area contributed by atoms with Gasteiger partial charge < -0.3 is 0 Å². The van der Waals surface area contributed by atoms with Gasteiger partial charge in [0.05, 0.1) is 3.79 Å². The fraction of sp³-hybridized carbons (Fsp3) is 0.0909. The number of halogens is 3. The van der Waals surface area contributed by atoms with Gasteiger partial charge in [0, 0.05) is 0 Å². The Balaban J connectivity index is 2.42. The molecule has 0 unspecified atom stereocenters. The van der Waals surface area contributed by atoms with Crippen LogP contribution < -0.4 is 4.72 Å². The highest BCUT2D eigenvalue weighted by molar-refractivity contribution is 9.11. The van der Waals surface area contributed by atoms with Crippen LogP contribution in [0.5, 0.6) is 0 Å². The minimum absolute atomic E-state index is 0.0143. The Labute approximate surface area is 121 Å². The first-order valence-electron chi connectivity index (χ1n) is 5.04. The lowest BCUT2D eigenvalue weighted by Gasteiger charge is -2.07. The van der Waals surface area contributed by atoms with Crippen molar-refractivity contribution in [1.82, 2.24) is 0 Å². The van der Waals surface area contributed by atoms with Crippen molar-refractivity contribution in [3.05, 3.63) is 45.2 Å². The summed E-state index contributed by atoms with van der Waals surface area (Å²) in [6, 6.07) is 4.55. The Kier molecular flexibility index (Phi) is 3.93. The van der Waals surface area contributed by atoms with E-state index in [0.717, 1.165) is 35.1 Å². The molecule has 3 nitrogen and oxygen atoms in total. The number of benzene rings is 1. The van der Waals surface area contributed by atoms with Crippen molar-refractivity contribution >= 4 is 43.0 Å². The third-order valence-electron chi connectivity index (χ3n) is 2.30. The molecule has 2 aromatic rings. The first kappa shape index (κ1) is 14.4. The molecule has 1 N–H and O–H groups in total. The Morgan fingerprint density at radius 3 is 2.32 bits per heavy atom. The number of thiophene rings is 1. The smallest absolute Gasteiger partial charge is 0.271 e. The zero-order chi connectivity index (χ0) is 14.2. The van der Waals surface area contributed by atoms with E-state index in [9.17, 15) is 17.2 Å². The number of hydrogen-bond donors (Lipinski definition) is 1. The van der Waals surface area contributed by atoms with Crippen LogP contribution >= 0.6 is 27.3 Å². The summed E-state index contributed by atoms with van der Waals surface area (Å²) in [5.41, 5.74) is 0.0593. The Morgan fingerprint density at radius 2 is 1.84 bits per heavy atom. The van der Waals surface area contributed by atoms with Gasteiger partial charge in [0.15, 0.2) is 0 Å². The van der Waals surface area contributed by atoms with Gasteiger partial charge in [-0.05, 0) is 46.6 Å². The van der Waals surface area contributed by atoms with Gasteiger partial charge in [-0.3, -0.25) is 4.72 Å². The van der Waals surface area contributed by atoms with Crippen molar-refractivity contribution in [3.63, 3.8) is 0 Å². The highest BCUT2D eigenvalue weighted by Gasteiger charge is 2.21. The van der Waals surface area contributed by atoms with Crippen LogP contribution in [0.4, 0.5) is 14.5 Å². The molecule has 0 saturated heterocycles. The molecule has 0 aliphatic carbocycles. The molecule has 0 spiro atoms. The summed E-state index contributed by atoms with van der Waals surface area (Å²) >= 11 is 4.17. The van der Waals surface area contributed by atoms with E-state index in [1.807, 2.05) is 4.72 Å². The van der Waals surface area contributed by atoms with Gasteiger partial charge in [-0.25, -0.2) is 17.2 Å². The molecule has 8 heteroatoms. The summed E-state index contributed by atoms with van der Waals surface area (Å²) in [6.07, 6.45) is 0. The van der Waals surface area contributed by atoms with Crippen LogP contribution in [0.2, 0.25) is 0 Å². The van der Waals surface area contributed by atoms with Gasteiger partial charge in [0.25, 0.3) is 10.0 Å². The highest BCUT2D eigenvalue weighted by Crippen LogP contribution is 2.32. The number of sulfonamides is 1. The van der Waals surface area contributed by atoms with E-state index in [4.69, 9.17) is 0 Å². The van der Waals surface area contributed by atoms with Crippen LogP contribution in [0.1, 0.15) is 5.56 Å². The van der Waals surface area contributed by atoms with E-state index < -0.39 is 27.3 Å². The van der Waals surface area contributed by atoms with Crippen LogP contribution in [0.3, 0.4) is 0 Å². The minimum atomic E-state index is -4.00. The Morgan fingerprint density at radius 1 is 1.26 bits per heavy atom. The zero-order valence-electron chi connectivity index (χ0n) is 9.58. The summed E-state index contributed by atoms with van der Waals surface area (Å²) in [6.45, 7) is 1.73. The molecule has 0 bridgehead atoms. The summed E-state index contributed by atoms with van der Waals surface area (Å²) in [5, 5.41) is 0. The average molecular weight is 368 g/mol. The van der Waals surface area contributed by atoms with Gasteiger partial charge in [0.1, 0.15) is 21.5 Å². The second-order valence-electron chi connectivity index (χ2n) is 3.72. The van der Waals surface area contributed by atoms with Crippen molar-refractivity contribution in [2.24, 2.45) is 0 Å². The van der Waals surface area contributed by atoms with Crippen molar-refractivity contribution in [2.45, 2.75) is 11.1 Å². The number of nitrogens with one attached hydrogen (secondary N) is 1. The molecular weight excluding hydrogens is 360 g/mol. The number of rotatable bonds is 3. The normalized spacial score (nSPS) is 11.6. The summed E-state index contributed by atoms with van der Waals surface area (Å²) in [4.78, 5) is 0. The highest BCUT2D eigenvalue weighted by atomic mass is 79.9. The van der Waals surface area contributed by atoms with Crippen molar-refractivity contribution < 1.29 is 17.2 Å². The Bertz CT molecular complexity index is 689. The van der Waals surface area contributed by atoms with Gasteiger partial charge in [-0.1, -0.05) is 6.07 Å². The fourth-order valence-electron chi connectivity index (χ4n) is 1.34. The lowest BCUT2D eigenvalue weighted by Crippen LogP contribution is -2.13. The topological polar surface area (TPSA) is 46.2 Å². The summed E-state index contributed by atoms with van der Waals surface area (Å²) in [7, 11) is -4.00. The first-order valence-corrected chi connectivity index (χ1v) is 8.13. The van der Waals surface area contributed by atoms with E-state index in [1.54, 1.807) is 6.92 Å². The third-order valence-corrected chi connectivity index (χ3v) is 6.26. The second-order valence-corrected chi connectivity index (χ2v) is 8.00. The maximum absolute atomic E-state index is 13.4. The molecule has 0 amide bonds. The maximum atomic E-state index is 13.4. The van der Waals surface area contributed by atoms with Crippen molar-refractivity contribution in [2.75, 3.05) is 4.72 Å². The average Bonchev–Trinajstić information content (AvgIpc) is 2.66. The first-order chi connectivity index (χ1) is 8.81. The van der Waals surface area contributed by atoms with Crippen LogP contribution in [0.15, 0.2) is 32.3 Å². The van der Waals surface area contributed by atoms with E-state index in [-0.39, 0.29) is 4.21 Å². The second kappa shape index (κ2) is 5.18. The van der Waals surface area contributed by atoms with E-state index in [0.29, 0.717) is 3.79 Å². The van der Waals surface area contributed by atoms with Crippen molar-refractivity contribution in [1.29, 1.82) is 0 Å². The molecular formula is C11H8BrF2NO2S2. The molecule has 0 saturated carbocycles. The van der Waals surface area contributed by atoms with E-state index in [1.165, 1.54) is 6.07 Å². The molecule has 1 aromatic heterocycles. The van der Waals surface area contributed by atoms with Gasteiger partial charge in [-0.2, -0.15) is 0 Å². The molecule has 0 aliphatic heterocycles. The lowest BCUT2D eigenvalue weighted by molar-refractivity contribution is 0.583. The van der Waals surface area contributed by atoms with Crippen LogP contribution in [-0.4, -0.2) is 8.42 Å². The monoisotopic (exact) mass is 367 g/mol. The molecule has 102 valence electrons. The standard InChI is InChI=1S/C11H8BrF2NO2S2/c1-6-5-9(18-11(6)12)19(16,17)15-10-7(13)3-2-4-8(10)14/h2-5,15H,1H3. The molecule has 1 heterocycles. The van der Waals surface area contributed by atoms with Gasteiger partial charge in [-0.15, -0.1) is 11.3 Å². The SMILES string of the molecule is Cc1cc(S(=O)(=O)Nc2c(F)cccc2F)sc1Br. The van der Waals surface area contributed by atoms with Crippen molar-refractivity contribution in [3.8, 4) is 0 Å². The molecule has 0 atom stereocenters. The van der Waals surface area contributed by atoms with Crippen LogP contribution in [-0.2, 0) is 10.0 Å². The molecule has 0 fully saturated rings. The predicted octanol–water partition coefficient (Wildman–Crippen LogP) is 3.90. The fourth-order valence-corrected chi connectivity index (χ4v) is 4.65. The largest absolute Gasteiger partial charge is 0.273 e. The third kappa shape index (κ3) is 2.96. The van der Waals surface area contributed by atoms with Gasteiger partial charge >= 0.3 is 0 Å².